The number of ketones is 2. The summed E-state index contributed by atoms with van der Waals surface area (Å²) >= 11 is 0. The van der Waals surface area contributed by atoms with Gasteiger partial charge in [0.15, 0.2) is 11.6 Å². The summed E-state index contributed by atoms with van der Waals surface area (Å²) in [5, 5.41) is 9.93. The van der Waals surface area contributed by atoms with E-state index in [0.29, 0.717) is 16.8 Å². The van der Waals surface area contributed by atoms with Gasteiger partial charge in [-0.1, -0.05) is 43.3 Å². The maximum atomic E-state index is 13.9. The first-order valence-electron chi connectivity index (χ1n) is 12.4. The number of para-hydroxylation sites is 1. The predicted molar refractivity (Wildman–Crippen MR) is 137 cm³/mol. The second-order valence-corrected chi connectivity index (χ2v) is 10.4. The minimum Gasteiger partial charge on any atom is -0.508 e. The Kier molecular flexibility index (Phi) is 4.96. The van der Waals surface area contributed by atoms with Crippen molar-refractivity contribution in [3.8, 4) is 11.4 Å². The molecule has 1 aliphatic heterocycles. The van der Waals surface area contributed by atoms with Crippen LogP contribution in [0.4, 0.5) is 0 Å². The van der Waals surface area contributed by atoms with E-state index in [9.17, 15) is 24.3 Å². The molecular formula is C29H27N3O5. The summed E-state index contributed by atoms with van der Waals surface area (Å²) in [6.07, 6.45) is 2.17. The highest BCUT2D eigenvalue weighted by Crippen LogP contribution is 2.60. The van der Waals surface area contributed by atoms with Crippen LogP contribution in [0.2, 0.25) is 0 Å². The molecule has 0 amide bonds. The maximum absolute atomic E-state index is 13.9. The highest BCUT2D eigenvalue weighted by atomic mass is 16.3. The normalized spacial score (nSPS) is 26.9. The van der Waals surface area contributed by atoms with E-state index >= 15 is 0 Å². The second kappa shape index (κ2) is 7.90. The third kappa shape index (κ3) is 3.01. The third-order valence-electron chi connectivity index (χ3n) is 8.67. The van der Waals surface area contributed by atoms with Gasteiger partial charge in [-0.25, -0.2) is 23.5 Å². The number of nitrogens with zero attached hydrogens (tertiary/aromatic N) is 3. The molecule has 1 saturated carbocycles. The molecule has 1 fully saturated rings. The van der Waals surface area contributed by atoms with Gasteiger partial charge in [-0.15, -0.1) is 0 Å². The number of Topliss-reactive ketones (excluding diaryl/α,β-unsaturated/α-hetero) is 2. The Balaban J connectivity index is 1.60. The van der Waals surface area contributed by atoms with Crippen molar-refractivity contribution < 1.29 is 14.7 Å². The van der Waals surface area contributed by atoms with Gasteiger partial charge in [-0.2, -0.15) is 0 Å². The van der Waals surface area contributed by atoms with E-state index in [1.807, 2.05) is 19.1 Å². The van der Waals surface area contributed by atoms with E-state index in [1.54, 1.807) is 62.4 Å². The van der Waals surface area contributed by atoms with E-state index in [2.05, 4.69) is 0 Å². The van der Waals surface area contributed by atoms with Crippen molar-refractivity contribution in [2.75, 3.05) is 0 Å². The monoisotopic (exact) mass is 497 g/mol. The van der Waals surface area contributed by atoms with Gasteiger partial charge < -0.3 is 5.11 Å². The van der Waals surface area contributed by atoms with Crippen LogP contribution in [0.1, 0.15) is 44.7 Å². The SMILES string of the molecule is CC1=C(C)C(=O)[C@@]2(C)[C@@H](c3ccc(O)cc3)C3=CCn4c(=O)n(-c5ccccc5)c(=O)n4[C@@H]3C[C@H]2C1=O. The Bertz CT molecular complexity index is 1650. The van der Waals surface area contributed by atoms with Crippen LogP contribution < -0.4 is 11.4 Å². The molecule has 3 aromatic rings. The van der Waals surface area contributed by atoms with Crippen LogP contribution in [0.5, 0.6) is 5.75 Å². The molecule has 0 bridgehead atoms. The van der Waals surface area contributed by atoms with Crippen molar-refractivity contribution in [3.63, 3.8) is 0 Å². The number of phenolic OH excluding ortho intramolecular Hbond substituents is 1. The van der Waals surface area contributed by atoms with Crippen LogP contribution in [0.3, 0.4) is 0 Å². The van der Waals surface area contributed by atoms with Crippen LogP contribution in [-0.2, 0) is 16.1 Å². The van der Waals surface area contributed by atoms with Crippen molar-refractivity contribution in [1.29, 1.82) is 0 Å². The number of carbonyl (C=O) groups is 2. The highest BCUT2D eigenvalue weighted by Gasteiger charge is 2.60. The number of carbonyl (C=O) groups excluding carboxylic acids is 2. The molecule has 0 spiro atoms. The maximum Gasteiger partial charge on any atom is 0.352 e. The molecule has 37 heavy (non-hydrogen) atoms. The standard InChI is InChI=1S/C29H27N3O5/c1-16-17(2)26(35)29(3)22(25(16)34)15-23-21(24(29)18-9-11-20(33)12-10-18)13-14-30-27(36)31(28(37)32(23)30)19-7-5-4-6-8-19/h4-13,22-24,33H,14-15H2,1-3H3/t22-,23+,24-,29+/m0/s1. The zero-order valence-electron chi connectivity index (χ0n) is 20.8. The summed E-state index contributed by atoms with van der Waals surface area (Å²) in [5.74, 6) is -1.26. The summed E-state index contributed by atoms with van der Waals surface area (Å²) < 4.78 is 4.04. The number of hydrogen-bond acceptors (Lipinski definition) is 5. The van der Waals surface area contributed by atoms with E-state index in [1.165, 1.54) is 9.36 Å². The van der Waals surface area contributed by atoms with E-state index < -0.39 is 34.7 Å². The molecular weight excluding hydrogens is 470 g/mol. The number of benzene rings is 2. The lowest BCUT2D eigenvalue weighted by atomic mass is 9.50. The number of phenols is 1. The summed E-state index contributed by atoms with van der Waals surface area (Å²) in [4.78, 5) is 54.7. The first-order valence-corrected chi connectivity index (χ1v) is 12.4. The Morgan fingerprint density at radius 1 is 0.892 bits per heavy atom. The molecule has 0 radical (unpaired) electrons. The molecule has 8 heteroatoms. The van der Waals surface area contributed by atoms with Crippen LogP contribution in [-0.4, -0.2) is 30.6 Å². The smallest absolute Gasteiger partial charge is 0.352 e. The number of aromatic hydroxyl groups is 1. The number of rotatable bonds is 2. The molecule has 0 saturated heterocycles. The van der Waals surface area contributed by atoms with Crippen LogP contribution in [0.25, 0.3) is 5.69 Å². The zero-order chi connectivity index (χ0) is 26.2. The lowest BCUT2D eigenvalue weighted by molar-refractivity contribution is -0.140. The Hall–Kier alpha value is -4.20. The Labute approximate surface area is 212 Å². The van der Waals surface area contributed by atoms with Gasteiger partial charge >= 0.3 is 11.4 Å². The van der Waals surface area contributed by atoms with Gasteiger partial charge in [-0.3, -0.25) is 9.59 Å². The Morgan fingerprint density at radius 3 is 2.24 bits per heavy atom. The van der Waals surface area contributed by atoms with Gasteiger partial charge in [0.1, 0.15) is 5.75 Å². The molecule has 3 aliphatic rings. The fraction of sp³-hybridized carbons (Fsp3) is 0.310. The van der Waals surface area contributed by atoms with E-state index in [-0.39, 0.29) is 30.3 Å². The number of fused-ring (bicyclic) bond motifs is 4. The third-order valence-corrected chi connectivity index (χ3v) is 8.67. The number of hydrogen-bond donors (Lipinski definition) is 1. The molecule has 1 N–H and O–H groups in total. The number of aromatic nitrogens is 3. The Morgan fingerprint density at radius 2 is 1.57 bits per heavy atom. The predicted octanol–water partition coefficient (Wildman–Crippen LogP) is 3.29. The van der Waals surface area contributed by atoms with E-state index in [4.69, 9.17) is 0 Å². The molecule has 188 valence electrons. The largest absolute Gasteiger partial charge is 0.508 e. The quantitative estimate of drug-likeness (QED) is 0.548. The first-order chi connectivity index (χ1) is 17.7. The minimum atomic E-state index is -1.06. The molecule has 6 rings (SSSR count). The molecule has 2 aliphatic carbocycles. The molecule has 4 atom stereocenters. The second-order valence-electron chi connectivity index (χ2n) is 10.4. The summed E-state index contributed by atoms with van der Waals surface area (Å²) in [6.45, 7) is 5.41. The van der Waals surface area contributed by atoms with Gasteiger partial charge in [0.2, 0.25) is 0 Å². The zero-order valence-corrected chi connectivity index (χ0v) is 20.8. The fourth-order valence-corrected chi connectivity index (χ4v) is 6.69. The molecule has 2 aromatic carbocycles. The average Bonchev–Trinajstić information content (AvgIpc) is 3.16. The van der Waals surface area contributed by atoms with Gasteiger partial charge in [0.25, 0.3) is 0 Å². The first kappa shape index (κ1) is 23.2. The van der Waals surface area contributed by atoms with Gasteiger partial charge in [0, 0.05) is 11.8 Å². The molecule has 1 aromatic heterocycles. The topological polar surface area (TPSA) is 103 Å². The minimum absolute atomic E-state index is 0.0795. The van der Waals surface area contributed by atoms with E-state index in [0.717, 1.165) is 15.7 Å². The molecule has 0 unspecified atom stereocenters. The molecule has 8 nitrogen and oxygen atoms in total. The average molecular weight is 498 g/mol. The van der Waals surface area contributed by atoms with Crippen LogP contribution in [0, 0.1) is 11.3 Å². The van der Waals surface area contributed by atoms with Gasteiger partial charge in [0.05, 0.1) is 23.7 Å². The van der Waals surface area contributed by atoms with Crippen molar-refractivity contribution >= 4 is 11.6 Å². The summed E-state index contributed by atoms with van der Waals surface area (Å²) in [7, 11) is 0. The number of allylic oxidation sites excluding steroid dienone is 4. The lowest BCUT2D eigenvalue weighted by Crippen LogP contribution is -2.55. The molecule has 2 heterocycles. The highest BCUT2D eigenvalue weighted by molar-refractivity contribution is 6.15. The summed E-state index contributed by atoms with van der Waals surface area (Å²) in [5.41, 5.74) is 1.03. The van der Waals surface area contributed by atoms with Crippen LogP contribution >= 0.6 is 0 Å². The van der Waals surface area contributed by atoms with Crippen molar-refractivity contribution in [2.24, 2.45) is 11.3 Å². The van der Waals surface area contributed by atoms with Gasteiger partial charge in [-0.05, 0) is 66.8 Å². The van der Waals surface area contributed by atoms with Crippen molar-refractivity contribution in [2.45, 2.75) is 45.7 Å². The van der Waals surface area contributed by atoms with Crippen molar-refractivity contribution in [1.82, 2.24) is 13.9 Å². The fourth-order valence-electron chi connectivity index (χ4n) is 6.69. The summed E-state index contributed by atoms with van der Waals surface area (Å²) in [6, 6.07) is 14.9. The van der Waals surface area contributed by atoms with Crippen LogP contribution in [0.15, 0.2) is 87.0 Å². The van der Waals surface area contributed by atoms with Crippen molar-refractivity contribution in [3.05, 3.63) is 104 Å². The lowest BCUT2D eigenvalue weighted by Gasteiger charge is -2.53.